The summed E-state index contributed by atoms with van der Waals surface area (Å²) in [5, 5.41) is 13.0. The van der Waals surface area contributed by atoms with Crippen LogP contribution in [0.4, 0.5) is 0 Å². The fourth-order valence-electron chi connectivity index (χ4n) is 3.50. The summed E-state index contributed by atoms with van der Waals surface area (Å²) in [6.45, 7) is 2.50. The molecule has 0 spiro atoms. The summed E-state index contributed by atoms with van der Waals surface area (Å²) >= 11 is 0. The van der Waals surface area contributed by atoms with Crippen LogP contribution >= 0.6 is 0 Å². The van der Waals surface area contributed by atoms with Crippen LogP contribution in [0.15, 0.2) is 42.5 Å². The average Bonchev–Trinajstić information content (AvgIpc) is 2.46. The van der Waals surface area contributed by atoms with E-state index in [1.54, 1.807) is 0 Å². The van der Waals surface area contributed by atoms with E-state index in [1.165, 1.54) is 16.3 Å². The molecule has 0 heterocycles. The Bertz CT molecular complexity index is 605. The predicted molar refractivity (Wildman–Crippen MR) is 83.7 cm³/mol. The summed E-state index contributed by atoms with van der Waals surface area (Å²) < 4.78 is 0. The van der Waals surface area contributed by atoms with Gasteiger partial charge in [0, 0.05) is 5.92 Å². The molecule has 0 saturated heterocycles. The third kappa shape index (κ3) is 2.46. The van der Waals surface area contributed by atoms with Crippen molar-refractivity contribution >= 4 is 10.8 Å². The Kier molecular flexibility index (Phi) is 3.53. The van der Waals surface area contributed by atoms with E-state index in [0.29, 0.717) is 12.5 Å². The first kappa shape index (κ1) is 13.6. The van der Waals surface area contributed by atoms with Gasteiger partial charge in [0.2, 0.25) is 0 Å². The Morgan fingerprint density at radius 3 is 2.70 bits per heavy atom. The lowest BCUT2D eigenvalue weighted by molar-refractivity contribution is -0.0332. The molecular weight excluding hydrogens is 246 g/mol. The van der Waals surface area contributed by atoms with Crippen LogP contribution in [0.1, 0.15) is 37.7 Å². The molecule has 2 aromatic carbocycles. The molecule has 1 aliphatic carbocycles. The molecular formula is C18H23NO. The second-order valence-electron chi connectivity index (χ2n) is 6.37. The molecule has 2 aromatic rings. The molecule has 2 nitrogen and oxygen atoms in total. The smallest absolute Gasteiger partial charge is 0.0660 e. The van der Waals surface area contributed by atoms with Gasteiger partial charge in [-0.1, -0.05) is 42.5 Å². The van der Waals surface area contributed by atoms with Crippen molar-refractivity contribution in [2.75, 3.05) is 6.54 Å². The van der Waals surface area contributed by atoms with Gasteiger partial charge in [0.15, 0.2) is 0 Å². The average molecular weight is 269 g/mol. The Labute approximate surface area is 120 Å². The number of nitrogens with two attached hydrogens (primary N) is 1. The quantitative estimate of drug-likeness (QED) is 0.877. The number of benzene rings is 2. The third-order valence-corrected chi connectivity index (χ3v) is 4.98. The molecule has 0 amide bonds. The van der Waals surface area contributed by atoms with Crippen molar-refractivity contribution in [3.8, 4) is 0 Å². The summed E-state index contributed by atoms with van der Waals surface area (Å²) in [5.41, 5.74) is 6.64. The summed E-state index contributed by atoms with van der Waals surface area (Å²) in [6.07, 6.45) is 2.87. The Morgan fingerprint density at radius 1 is 1.20 bits per heavy atom. The van der Waals surface area contributed by atoms with Crippen LogP contribution < -0.4 is 5.73 Å². The van der Waals surface area contributed by atoms with Crippen LogP contribution in [0.2, 0.25) is 0 Å². The lowest BCUT2D eigenvalue weighted by atomic mass is 9.70. The summed E-state index contributed by atoms with van der Waals surface area (Å²) in [6, 6.07) is 15.2. The van der Waals surface area contributed by atoms with Crippen LogP contribution in [-0.4, -0.2) is 17.3 Å². The lowest BCUT2D eigenvalue weighted by Gasteiger charge is -2.40. The van der Waals surface area contributed by atoms with Crippen LogP contribution in [0.25, 0.3) is 10.8 Å². The minimum Gasteiger partial charge on any atom is -0.390 e. The zero-order valence-corrected chi connectivity index (χ0v) is 12.0. The molecule has 3 atom stereocenters. The molecule has 2 heteroatoms. The molecule has 0 bridgehead atoms. The van der Waals surface area contributed by atoms with E-state index < -0.39 is 5.60 Å². The standard InChI is InChI=1S/C18H23NO/c1-18(20)9-8-16(11-17(18)12-19)15-7-6-13-4-2-3-5-14(13)10-15/h2-7,10,16-17,20H,8-9,11-12,19H2,1H3. The Balaban J connectivity index is 1.88. The van der Waals surface area contributed by atoms with Gasteiger partial charge >= 0.3 is 0 Å². The van der Waals surface area contributed by atoms with Crippen LogP contribution in [0.5, 0.6) is 0 Å². The number of hydrogen-bond donors (Lipinski definition) is 2. The molecule has 20 heavy (non-hydrogen) atoms. The lowest BCUT2D eigenvalue weighted by Crippen LogP contribution is -2.43. The highest BCUT2D eigenvalue weighted by Gasteiger charge is 2.37. The monoisotopic (exact) mass is 269 g/mol. The molecule has 106 valence electrons. The highest BCUT2D eigenvalue weighted by molar-refractivity contribution is 5.83. The Hall–Kier alpha value is -1.38. The van der Waals surface area contributed by atoms with E-state index in [2.05, 4.69) is 42.5 Å². The predicted octanol–water partition coefficient (Wildman–Crippen LogP) is 3.43. The zero-order chi connectivity index (χ0) is 14.2. The highest BCUT2D eigenvalue weighted by atomic mass is 16.3. The van der Waals surface area contributed by atoms with Crippen LogP contribution in [0.3, 0.4) is 0 Å². The Morgan fingerprint density at radius 2 is 1.95 bits per heavy atom. The van der Waals surface area contributed by atoms with Crippen molar-refractivity contribution in [3.63, 3.8) is 0 Å². The fraction of sp³-hybridized carbons (Fsp3) is 0.444. The van der Waals surface area contributed by atoms with Gasteiger partial charge < -0.3 is 10.8 Å². The number of fused-ring (bicyclic) bond motifs is 1. The van der Waals surface area contributed by atoms with Crippen LogP contribution in [0, 0.1) is 5.92 Å². The highest BCUT2D eigenvalue weighted by Crippen LogP contribution is 2.41. The van der Waals surface area contributed by atoms with Crippen molar-refractivity contribution in [1.29, 1.82) is 0 Å². The molecule has 0 radical (unpaired) electrons. The van der Waals surface area contributed by atoms with Gasteiger partial charge in [0.05, 0.1) is 5.60 Å². The fourth-order valence-corrected chi connectivity index (χ4v) is 3.50. The maximum absolute atomic E-state index is 10.4. The minimum atomic E-state index is -0.595. The first-order valence-corrected chi connectivity index (χ1v) is 7.51. The number of aliphatic hydroxyl groups is 1. The normalized spacial score (nSPS) is 30.6. The molecule has 1 fully saturated rings. The molecule has 3 rings (SSSR count). The van der Waals surface area contributed by atoms with E-state index >= 15 is 0 Å². The molecule has 1 saturated carbocycles. The first-order chi connectivity index (χ1) is 9.60. The van der Waals surface area contributed by atoms with E-state index in [0.717, 1.165) is 19.3 Å². The maximum Gasteiger partial charge on any atom is 0.0660 e. The second kappa shape index (κ2) is 5.19. The molecule has 0 aromatic heterocycles. The summed E-state index contributed by atoms with van der Waals surface area (Å²) in [4.78, 5) is 0. The van der Waals surface area contributed by atoms with E-state index in [-0.39, 0.29) is 5.92 Å². The van der Waals surface area contributed by atoms with Gasteiger partial charge in [-0.2, -0.15) is 0 Å². The molecule has 1 aliphatic rings. The number of hydrogen-bond acceptors (Lipinski definition) is 2. The van der Waals surface area contributed by atoms with Crippen molar-refractivity contribution in [1.82, 2.24) is 0 Å². The van der Waals surface area contributed by atoms with Gasteiger partial charge in [0.25, 0.3) is 0 Å². The third-order valence-electron chi connectivity index (χ3n) is 4.98. The molecule has 3 unspecified atom stereocenters. The van der Waals surface area contributed by atoms with Gasteiger partial charge in [-0.05, 0) is 55.0 Å². The molecule has 3 N–H and O–H groups in total. The zero-order valence-electron chi connectivity index (χ0n) is 12.0. The summed E-state index contributed by atoms with van der Waals surface area (Å²) in [5.74, 6) is 0.723. The van der Waals surface area contributed by atoms with Crippen molar-refractivity contribution in [2.45, 2.75) is 37.7 Å². The van der Waals surface area contributed by atoms with Crippen molar-refractivity contribution in [2.24, 2.45) is 11.7 Å². The second-order valence-corrected chi connectivity index (χ2v) is 6.37. The summed E-state index contributed by atoms with van der Waals surface area (Å²) in [7, 11) is 0. The van der Waals surface area contributed by atoms with E-state index in [1.807, 2.05) is 6.92 Å². The maximum atomic E-state index is 10.4. The van der Waals surface area contributed by atoms with E-state index in [4.69, 9.17) is 5.73 Å². The van der Waals surface area contributed by atoms with Gasteiger partial charge in [-0.3, -0.25) is 0 Å². The first-order valence-electron chi connectivity index (χ1n) is 7.51. The van der Waals surface area contributed by atoms with Crippen molar-refractivity contribution < 1.29 is 5.11 Å². The number of rotatable bonds is 2. The van der Waals surface area contributed by atoms with Gasteiger partial charge in [-0.15, -0.1) is 0 Å². The van der Waals surface area contributed by atoms with Crippen LogP contribution in [-0.2, 0) is 0 Å². The van der Waals surface area contributed by atoms with Gasteiger partial charge in [0.1, 0.15) is 0 Å². The molecule has 0 aliphatic heterocycles. The minimum absolute atomic E-state index is 0.202. The van der Waals surface area contributed by atoms with E-state index in [9.17, 15) is 5.11 Å². The van der Waals surface area contributed by atoms with Gasteiger partial charge in [-0.25, -0.2) is 0 Å². The topological polar surface area (TPSA) is 46.2 Å². The SMILES string of the molecule is CC1(O)CCC(c2ccc3ccccc3c2)CC1CN. The largest absolute Gasteiger partial charge is 0.390 e. The van der Waals surface area contributed by atoms with Crippen molar-refractivity contribution in [3.05, 3.63) is 48.0 Å².